The lowest BCUT2D eigenvalue weighted by Crippen LogP contribution is -2.21. The molecule has 1 amide bonds. The summed E-state index contributed by atoms with van der Waals surface area (Å²) in [7, 11) is 1.36. The molecule has 0 aliphatic heterocycles. The molecule has 1 aliphatic carbocycles. The molecule has 138 valence electrons. The second-order valence-corrected chi connectivity index (χ2v) is 7.59. The number of benzene rings is 1. The highest BCUT2D eigenvalue weighted by Crippen LogP contribution is 2.37. The number of rotatable bonds is 5. The van der Waals surface area contributed by atoms with Crippen LogP contribution in [-0.4, -0.2) is 25.6 Å². The van der Waals surface area contributed by atoms with Crippen molar-refractivity contribution in [1.82, 2.24) is 0 Å². The van der Waals surface area contributed by atoms with Crippen molar-refractivity contribution in [3.8, 4) is 5.75 Å². The maximum atomic E-state index is 12.3. The van der Waals surface area contributed by atoms with Gasteiger partial charge in [-0.15, -0.1) is 11.3 Å². The van der Waals surface area contributed by atoms with E-state index in [1.807, 2.05) is 0 Å². The number of carbonyl (C=O) groups excluding carboxylic acids is 2. The number of methoxy groups -OCH3 is 1. The number of amides is 1. The van der Waals surface area contributed by atoms with Crippen LogP contribution < -0.4 is 10.1 Å². The van der Waals surface area contributed by atoms with Gasteiger partial charge in [0.1, 0.15) is 10.8 Å². The molecule has 3 rings (SSSR count). The third kappa shape index (κ3) is 4.37. The molecule has 0 saturated heterocycles. The molecule has 0 radical (unpaired) electrons. The predicted molar refractivity (Wildman–Crippen MR) is 102 cm³/mol. The van der Waals surface area contributed by atoms with Crippen molar-refractivity contribution in [1.29, 1.82) is 0 Å². The standard InChI is InChI=1S/C19H20ClNO4S/c1-24-19(23)17-14-5-3-2-4-6-15(14)26-18(17)21-16(22)11-25-13-9-7-12(20)8-10-13/h7-10H,2-6,11H2,1H3,(H,21,22). The second kappa shape index (κ2) is 8.56. The number of anilines is 1. The zero-order valence-corrected chi connectivity index (χ0v) is 16.0. The van der Waals surface area contributed by atoms with Crippen molar-refractivity contribution in [2.75, 3.05) is 19.0 Å². The molecule has 1 aromatic heterocycles. The van der Waals surface area contributed by atoms with E-state index in [4.69, 9.17) is 21.1 Å². The van der Waals surface area contributed by atoms with Gasteiger partial charge in [0.2, 0.25) is 0 Å². The van der Waals surface area contributed by atoms with E-state index in [0.29, 0.717) is 21.3 Å². The smallest absolute Gasteiger partial charge is 0.341 e. The molecule has 0 saturated carbocycles. The quantitative estimate of drug-likeness (QED) is 0.601. The van der Waals surface area contributed by atoms with E-state index in [1.54, 1.807) is 24.3 Å². The molecule has 5 nitrogen and oxygen atoms in total. The van der Waals surface area contributed by atoms with Gasteiger partial charge in [0, 0.05) is 9.90 Å². The van der Waals surface area contributed by atoms with Gasteiger partial charge >= 0.3 is 5.97 Å². The van der Waals surface area contributed by atoms with Crippen molar-refractivity contribution in [2.45, 2.75) is 32.1 Å². The molecule has 0 spiro atoms. The van der Waals surface area contributed by atoms with Crippen LogP contribution in [0.15, 0.2) is 24.3 Å². The number of ether oxygens (including phenoxy) is 2. The largest absolute Gasteiger partial charge is 0.484 e. The van der Waals surface area contributed by atoms with Crippen LogP contribution in [0.2, 0.25) is 5.02 Å². The minimum absolute atomic E-state index is 0.148. The maximum Gasteiger partial charge on any atom is 0.341 e. The summed E-state index contributed by atoms with van der Waals surface area (Å²) in [5.41, 5.74) is 1.52. The number of fused-ring (bicyclic) bond motifs is 1. The van der Waals surface area contributed by atoms with Crippen LogP contribution in [0.4, 0.5) is 5.00 Å². The maximum absolute atomic E-state index is 12.3. The summed E-state index contributed by atoms with van der Waals surface area (Å²) in [5.74, 6) is -0.167. The lowest BCUT2D eigenvalue weighted by atomic mass is 10.1. The number of nitrogens with one attached hydrogen (secondary N) is 1. The highest BCUT2D eigenvalue weighted by molar-refractivity contribution is 7.17. The first-order chi connectivity index (χ1) is 12.6. The van der Waals surface area contributed by atoms with Gasteiger partial charge in [-0.3, -0.25) is 4.79 Å². The number of aryl methyl sites for hydroxylation is 1. The Morgan fingerprint density at radius 3 is 2.62 bits per heavy atom. The lowest BCUT2D eigenvalue weighted by molar-refractivity contribution is -0.118. The third-order valence-corrected chi connectivity index (χ3v) is 5.71. The minimum Gasteiger partial charge on any atom is -0.484 e. The van der Waals surface area contributed by atoms with Gasteiger partial charge < -0.3 is 14.8 Å². The van der Waals surface area contributed by atoms with Gasteiger partial charge in [0.25, 0.3) is 5.91 Å². The van der Waals surface area contributed by atoms with Crippen LogP contribution >= 0.6 is 22.9 Å². The number of carbonyl (C=O) groups is 2. The van der Waals surface area contributed by atoms with Crippen LogP contribution in [0.1, 0.15) is 40.1 Å². The molecule has 26 heavy (non-hydrogen) atoms. The Morgan fingerprint density at radius 2 is 1.88 bits per heavy atom. The number of thiophene rings is 1. The van der Waals surface area contributed by atoms with Crippen LogP contribution in [-0.2, 0) is 22.4 Å². The zero-order valence-electron chi connectivity index (χ0n) is 14.5. The number of esters is 1. The van der Waals surface area contributed by atoms with Crippen LogP contribution in [0.25, 0.3) is 0 Å². The van der Waals surface area contributed by atoms with Crippen molar-refractivity contribution < 1.29 is 19.1 Å². The molecule has 0 bridgehead atoms. The van der Waals surface area contributed by atoms with Crippen molar-refractivity contribution in [3.63, 3.8) is 0 Å². The number of hydrogen-bond donors (Lipinski definition) is 1. The molecule has 2 aromatic rings. The van der Waals surface area contributed by atoms with E-state index < -0.39 is 5.97 Å². The summed E-state index contributed by atoms with van der Waals surface area (Å²) in [6.45, 7) is -0.148. The molecule has 1 N–H and O–H groups in total. The van der Waals surface area contributed by atoms with Gasteiger partial charge in [-0.1, -0.05) is 18.0 Å². The normalized spacial score (nSPS) is 13.5. The van der Waals surface area contributed by atoms with E-state index in [1.165, 1.54) is 18.4 Å². The second-order valence-electron chi connectivity index (χ2n) is 6.05. The fourth-order valence-electron chi connectivity index (χ4n) is 2.99. The summed E-state index contributed by atoms with van der Waals surface area (Å²) >= 11 is 7.29. The van der Waals surface area contributed by atoms with Crippen molar-refractivity contribution >= 4 is 39.8 Å². The molecule has 0 fully saturated rings. The van der Waals surface area contributed by atoms with Gasteiger partial charge in [0.15, 0.2) is 6.61 Å². The first-order valence-corrected chi connectivity index (χ1v) is 9.69. The summed E-state index contributed by atoms with van der Waals surface area (Å²) < 4.78 is 10.4. The van der Waals surface area contributed by atoms with E-state index in [2.05, 4.69) is 5.32 Å². The average molecular weight is 394 g/mol. The monoisotopic (exact) mass is 393 g/mol. The zero-order chi connectivity index (χ0) is 18.5. The lowest BCUT2D eigenvalue weighted by Gasteiger charge is -2.09. The molecular formula is C19H20ClNO4S. The Kier molecular flexibility index (Phi) is 6.16. The van der Waals surface area contributed by atoms with E-state index >= 15 is 0 Å². The summed E-state index contributed by atoms with van der Waals surface area (Å²) in [5, 5.41) is 3.96. The average Bonchev–Trinajstić information content (AvgIpc) is 2.81. The van der Waals surface area contributed by atoms with Gasteiger partial charge in [-0.25, -0.2) is 4.79 Å². The highest BCUT2D eigenvalue weighted by atomic mass is 35.5. The Morgan fingerprint density at radius 1 is 1.15 bits per heavy atom. The Labute approximate surface area is 161 Å². The highest BCUT2D eigenvalue weighted by Gasteiger charge is 2.26. The summed E-state index contributed by atoms with van der Waals surface area (Å²) in [4.78, 5) is 25.7. The molecular weight excluding hydrogens is 374 g/mol. The third-order valence-electron chi connectivity index (χ3n) is 4.25. The van der Waals surface area contributed by atoms with Gasteiger partial charge in [-0.05, 0) is 55.5 Å². The van der Waals surface area contributed by atoms with Gasteiger partial charge in [0.05, 0.1) is 12.7 Å². The number of hydrogen-bond acceptors (Lipinski definition) is 5. The summed E-state index contributed by atoms with van der Waals surface area (Å²) in [6.07, 6.45) is 5.06. The van der Waals surface area contributed by atoms with Gasteiger partial charge in [-0.2, -0.15) is 0 Å². The Bertz CT molecular complexity index is 801. The van der Waals surface area contributed by atoms with Crippen LogP contribution in [0.3, 0.4) is 0 Å². The van der Waals surface area contributed by atoms with Crippen molar-refractivity contribution in [2.24, 2.45) is 0 Å². The van der Waals surface area contributed by atoms with Crippen LogP contribution in [0, 0.1) is 0 Å². The predicted octanol–water partition coefficient (Wildman–Crippen LogP) is 4.47. The first kappa shape index (κ1) is 18.7. The fraction of sp³-hybridized carbons (Fsp3) is 0.368. The Balaban J connectivity index is 1.72. The topological polar surface area (TPSA) is 64.6 Å². The molecule has 0 atom stereocenters. The van der Waals surface area contributed by atoms with E-state index in [0.717, 1.165) is 42.5 Å². The molecule has 1 aromatic carbocycles. The summed E-state index contributed by atoms with van der Waals surface area (Å²) in [6, 6.07) is 6.78. The van der Waals surface area contributed by atoms with E-state index in [9.17, 15) is 9.59 Å². The molecule has 1 heterocycles. The fourth-order valence-corrected chi connectivity index (χ4v) is 4.41. The Hall–Kier alpha value is -2.05. The van der Waals surface area contributed by atoms with Crippen molar-refractivity contribution in [3.05, 3.63) is 45.3 Å². The SMILES string of the molecule is COC(=O)c1c(NC(=O)COc2ccc(Cl)cc2)sc2c1CCCCC2. The molecule has 0 unspecified atom stereocenters. The molecule has 1 aliphatic rings. The number of halogens is 1. The molecule has 7 heteroatoms. The van der Waals surface area contributed by atoms with E-state index in [-0.39, 0.29) is 12.5 Å². The minimum atomic E-state index is -0.404. The van der Waals surface area contributed by atoms with Crippen LogP contribution in [0.5, 0.6) is 5.75 Å². The first-order valence-electron chi connectivity index (χ1n) is 8.49.